The number of likely N-dealkylation sites (tertiary alicyclic amines) is 1. The first-order valence-corrected chi connectivity index (χ1v) is 7.82. The Hall–Kier alpha value is -1.66. The molecular formula is C16H24N2O4. The number of rotatable bonds is 6. The third kappa shape index (κ3) is 4.18. The van der Waals surface area contributed by atoms with Gasteiger partial charge in [-0.05, 0) is 50.4 Å². The summed E-state index contributed by atoms with van der Waals surface area (Å²) in [5.41, 5.74) is 0.472. The first-order valence-electron chi connectivity index (χ1n) is 7.82. The summed E-state index contributed by atoms with van der Waals surface area (Å²) in [5, 5.41) is 21.5. The topological polar surface area (TPSA) is 75.8 Å². The number of hydrogen-bond donors (Lipinski definition) is 1. The van der Waals surface area contributed by atoms with E-state index in [0.29, 0.717) is 18.7 Å². The summed E-state index contributed by atoms with van der Waals surface area (Å²) in [6, 6.07) is 4.69. The summed E-state index contributed by atoms with van der Waals surface area (Å²) in [5.74, 6) is 0.982. The second-order valence-electron chi connectivity index (χ2n) is 5.92. The fourth-order valence-corrected chi connectivity index (χ4v) is 2.76. The van der Waals surface area contributed by atoms with Crippen molar-refractivity contribution in [2.75, 3.05) is 26.2 Å². The molecule has 1 N–H and O–H groups in total. The highest BCUT2D eigenvalue weighted by Gasteiger charge is 2.22. The van der Waals surface area contributed by atoms with Crippen molar-refractivity contribution in [3.63, 3.8) is 0 Å². The average molecular weight is 308 g/mol. The van der Waals surface area contributed by atoms with Crippen LogP contribution in [0.25, 0.3) is 0 Å². The van der Waals surface area contributed by atoms with Crippen LogP contribution in [-0.4, -0.2) is 41.2 Å². The van der Waals surface area contributed by atoms with Crippen LogP contribution in [0, 0.1) is 16.0 Å². The normalized spacial score (nSPS) is 18.1. The van der Waals surface area contributed by atoms with Crippen molar-refractivity contribution in [3.05, 3.63) is 33.9 Å². The molecular weight excluding hydrogens is 284 g/mol. The maximum atomic E-state index is 11.1. The Bertz CT molecular complexity index is 513. The van der Waals surface area contributed by atoms with Crippen molar-refractivity contribution >= 4 is 5.69 Å². The van der Waals surface area contributed by atoms with Gasteiger partial charge in [-0.3, -0.25) is 10.1 Å². The predicted molar refractivity (Wildman–Crippen MR) is 84.1 cm³/mol. The molecule has 1 aliphatic heterocycles. The van der Waals surface area contributed by atoms with Crippen molar-refractivity contribution in [1.82, 2.24) is 4.90 Å². The lowest BCUT2D eigenvalue weighted by molar-refractivity contribution is -0.386. The van der Waals surface area contributed by atoms with Crippen molar-refractivity contribution in [1.29, 1.82) is 0 Å². The minimum absolute atomic E-state index is 0.0920. The highest BCUT2D eigenvalue weighted by Crippen LogP contribution is 2.31. The van der Waals surface area contributed by atoms with Crippen molar-refractivity contribution in [3.8, 4) is 5.75 Å². The molecule has 0 aliphatic carbocycles. The molecule has 1 saturated heterocycles. The number of β-amino-alcohol motifs (C(OH)–C–C–N with tert-alkyl or cyclic N) is 1. The Balaban J connectivity index is 2.07. The number of ether oxygens (including phenoxy) is 1. The van der Waals surface area contributed by atoms with Gasteiger partial charge < -0.3 is 14.7 Å². The first-order chi connectivity index (χ1) is 10.5. The number of nitro benzene ring substituents is 1. The number of aliphatic hydroxyl groups excluding tert-OH is 1. The molecule has 22 heavy (non-hydrogen) atoms. The summed E-state index contributed by atoms with van der Waals surface area (Å²) in [7, 11) is 0. The second kappa shape index (κ2) is 7.56. The van der Waals surface area contributed by atoms with Crippen LogP contribution in [0.1, 0.15) is 38.4 Å². The van der Waals surface area contributed by atoms with E-state index in [1.54, 1.807) is 19.1 Å². The van der Waals surface area contributed by atoms with E-state index < -0.39 is 11.0 Å². The lowest BCUT2D eigenvalue weighted by Gasteiger charge is -2.31. The van der Waals surface area contributed by atoms with E-state index >= 15 is 0 Å². The molecule has 1 fully saturated rings. The fourth-order valence-electron chi connectivity index (χ4n) is 2.76. The number of benzene rings is 1. The van der Waals surface area contributed by atoms with Gasteiger partial charge in [0.25, 0.3) is 0 Å². The van der Waals surface area contributed by atoms with Gasteiger partial charge in [0.15, 0.2) is 5.75 Å². The minimum Gasteiger partial charge on any atom is -0.487 e. The zero-order chi connectivity index (χ0) is 16.1. The molecule has 1 aliphatic rings. The summed E-state index contributed by atoms with van der Waals surface area (Å²) in [6.45, 7) is 6.84. The number of aliphatic hydroxyl groups is 1. The van der Waals surface area contributed by atoms with Gasteiger partial charge >= 0.3 is 5.69 Å². The molecule has 122 valence electrons. The molecule has 0 aromatic heterocycles. The molecule has 0 saturated carbocycles. The maximum absolute atomic E-state index is 11.1. The smallest absolute Gasteiger partial charge is 0.311 e. The Morgan fingerprint density at radius 3 is 2.73 bits per heavy atom. The third-order valence-corrected chi connectivity index (χ3v) is 4.17. The SMILES string of the molecule is CCOc1ccc(C(O)CN2CCC(C)CC2)cc1[N+](=O)[O-]. The van der Waals surface area contributed by atoms with E-state index in [0.717, 1.165) is 31.8 Å². The van der Waals surface area contributed by atoms with Crippen LogP contribution in [0.15, 0.2) is 18.2 Å². The zero-order valence-corrected chi connectivity index (χ0v) is 13.2. The number of nitro groups is 1. The van der Waals surface area contributed by atoms with Crippen LogP contribution in [0.2, 0.25) is 0 Å². The van der Waals surface area contributed by atoms with Crippen LogP contribution in [0.5, 0.6) is 5.75 Å². The van der Waals surface area contributed by atoms with Gasteiger partial charge in [0.05, 0.1) is 17.6 Å². The molecule has 0 spiro atoms. The second-order valence-corrected chi connectivity index (χ2v) is 5.92. The quantitative estimate of drug-likeness (QED) is 0.646. The summed E-state index contributed by atoms with van der Waals surface area (Å²) in [6.07, 6.45) is 1.55. The molecule has 1 atom stereocenters. The Labute approximate surface area is 130 Å². The molecule has 0 amide bonds. The van der Waals surface area contributed by atoms with Crippen LogP contribution in [-0.2, 0) is 0 Å². The van der Waals surface area contributed by atoms with Crippen molar-refractivity contribution in [2.24, 2.45) is 5.92 Å². The molecule has 6 heteroatoms. The standard InChI is InChI=1S/C16H24N2O4/c1-3-22-16-5-4-13(10-14(16)18(20)21)15(19)11-17-8-6-12(2)7-9-17/h4-5,10,12,15,19H,3,6-9,11H2,1-2H3. The zero-order valence-electron chi connectivity index (χ0n) is 13.2. The Kier molecular flexibility index (Phi) is 5.74. The highest BCUT2D eigenvalue weighted by atomic mass is 16.6. The monoisotopic (exact) mass is 308 g/mol. The molecule has 6 nitrogen and oxygen atoms in total. The van der Waals surface area contributed by atoms with Crippen LogP contribution in [0.4, 0.5) is 5.69 Å². The molecule has 1 aromatic carbocycles. The van der Waals surface area contributed by atoms with Gasteiger partial charge in [-0.15, -0.1) is 0 Å². The largest absolute Gasteiger partial charge is 0.487 e. The van der Waals surface area contributed by atoms with Gasteiger partial charge in [0, 0.05) is 12.6 Å². The van der Waals surface area contributed by atoms with E-state index in [1.165, 1.54) is 6.07 Å². The number of piperidine rings is 1. The van der Waals surface area contributed by atoms with Gasteiger partial charge in [-0.2, -0.15) is 0 Å². The van der Waals surface area contributed by atoms with E-state index in [1.807, 2.05) is 0 Å². The number of nitrogens with zero attached hydrogens (tertiary/aromatic N) is 2. The predicted octanol–water partition coefficient (Wildman–Crippen LogP) is 2.76. The maximum Gasteiger partial charge on any atom is 0.311 e. The van der Waals surface area contributed by atoms with Crippen molar-refractivity contribution in [2.45, 2.75) is 32.8 Å². The van der Waals surface area contributed by atoms with Gasteiger partial charge in [0.2, 0.25) is 0 Å². The van der Waals surface area contributed by atoms with Crippen molar-refractivity contribution < 1.29 is 14.8 Å². The van der Waals surface area contributed by atoms with E-state index in [2.05, 4.69) is 11.8 Å². The van der Waals surface area contributed by atoms with Gasteiger partial charge in [-0.1, -0.05) is 13.0 Å². The lowest BCUT2D eigenvalue weighted by atomic mass is 9.98. The molecule has 1 heterocycles. The molecule has 1 aromatic rings. The Morgan fingerprint density at radius 2 is 2.14 bits per heavy atom. The highest BCUT2D eigenvalue weighted by molar-refractivity contribution is 5.49. The van der Waals surface area contributed by atoms with E-state index in [-0.39, 0.29) is 11.4 Å². The van der Waals surface area contributed by atoms with Crippen LogP contribution >= 0.6 is 0 Å². The summed E-state index contributed by atoms with van der Waals surface area (Å²) in [4.78, 5) is 12.9. The summed E-state index contributed by atoms with van der Waals surface area (Å²) < 4.78 is 5.26. The minimum atomic E-state index is -0.720. The van der Waals surface area contributed by atoms with E-state index in [4.69, 9.17) is 4.74 Å². The van der Waals surface area contributed by atoms with Gasteiger partial charge in [0.1, 0.15) is 0 Å². The number of hydrogen-bond acceptors (Lipinski definition) is 5. The molecule has 0 radical (unpaired) electrons. The average Bonchev–Trinajstić information content (AvgIpc) is 2.50. The summed E-state index contributed by atoms with van der Waals surface area (Å²) >= 11 is 0. The third-order valence-electron chi connectivity index (χ3n) is 4.17. The molecule has 0 bridgehead atoms. The van der Waals surface area contributed by atoms with E-state index in [9.17, 15) is 15.2 Å². The molecule has 2 rings (SSSR count). The lowest BCUT2D eigenvalue weighted by Crippen LogP contribution is -2.35. The fraction of sp³-hybridized carbons (Fsp3) is 0.625. The van der Waals surface area contributed by atoms with Crippen LogP contribution in [0.3, 0.4) is 0 Å². The van der Waals surface area contributed by atoms with Gasteiger partial charge in [-0.25, -0.2) is 0 Å². The molecule has 1 unspecified atom stereocenters. The first kappa shape index (κ1) is 16.7. The Morgan fingerprint density at radius 1 is 1.45 bits per heavy atom. The van der Waals surface area contributed by atoms with Crippen LogP contribution < -0.4 is 4.74 Å².